The van der Waals surface area contributed by atoms with Crippen molar-refractivity contribution in [1.82, 2.24) is 9.88 Å². The third kappa shape index (κ3) is 5.56. The topological polar surface area (TPSA) is 111 Å². The summed E-state index contributed by atoms with van der Waals surface area (Å²) in [4.78, 5) is 16.9. The monoisotopic (exact) mass is 487 g/mol. The van der Waals surface area contributed by atoms with Gasteiger partial charge in [-0.15, -0.1) is 11.3 Å². The maximum absolute atomic E-state index is 14.5. The molecule has 0 aliphatic rings. The smallest absolute Gasteiger partial charge is 0.407 e. The Balaban J connectivity index is 2.16. The second-order valence-corrected chi connectivity index (χ2v) is 11.9. The van der Waals surface area contributed by atoms with Gasteiger partial charge < -0.3 is 10.0 Å². The Morgan fingerprint density at radius 2 is 1.94 bits per heavy atom. The predicted molar refractivity (Wildman–Crippen MR) is 122 cm³/mol. The van der Waals surface area contributed by atoms with E-state index in [2.05, 4.69) is 4.98 Å². The lowest BCUT2D eigenvalue weighted by molar-refractivity contribution is 0.123. The number of rotatable bonds is 6. The number of carboxylic acid groups (broad SMARTS) is 1. The highest BCUT2D eigenvalue weighted by molar-refractivity contribution is 7.93. The van der Waals surface area contributed by atoms with E-state index in [0.29, 0.717) is 4.88 Å². The zero-order chi connectivity index (χ0) is 24.4. The molecule has 0 aliphatic heterocycles. The zero-order valence-corrected chi connectivity index (χ0v) is 19.9. The molecule has 0 unspecified atom stereocenters. The molecule has 0 spiro atoms. The molecule has 1 aromatic carbocycles. The summed E-state index contributed by atoms with van der Waals surface area (Å²) in [5.41, 5.74) is -0.0541. The van der Waals surface area contributed by atoms with Crippen LogP contribution in [0.15, 0.2) is 57.8 Å². The minimum atomic E-state index is -4.13. The van der Waals surface area contributed by atoms with Crippen molar-refractivity contribution in [2.24, 2.45) is 5.41 Å². The molecule has 0 bridgehead atoms. The number of benzene rings is 1. The van der Waals surface area contributed by atoms with Crippen LogP contribution in [0.25, 0.3) is 11.1 Å². The quantitative estimate of drug-likeness (QED) is 0.480. The first-order valence-electron chi connectivity index (χ1n) is 9.89. The summed E-state index contributed by atoms with van der Waals surface area (Å²) in [5, 5.41) is 18.8. The highest BCUT2D eigenvalue weighted by atomic mass is 32.2. The van der Waals surface area contributed by atoms with Crippen LogP contribution >= 0.6 is 11.3 Å². The van der Waals surface area contributed by atoms with Crippen molar-refractivity contribution < 1.29 is 22.7 Å². The average molecular weight is 488 g/mol. The van der Waals surface area contributed by atoms with Crippen LogP contribution in [0.3, 0.4) is 0 Å². The van der Waals surface area contributed by atoms with Crippen molar-refractivity contribution >= 4 is 27.3 Å². The van der Waals surface area contributed by atoms with E-state index in [9.17, 15) is 22.7 Å². The second kappa shape index (κ2) is 9.29. The molecule has 1 amide bonds. The Kier molecular flexibility index (Phi) is 6.86. The summed E-state index contributed by atoms with van der Waals surface area (Å²) in [6, 6.07) is 11.9. The molecule has 0 aliphatic carbocycles. The minimum Gasteiger partial charge on any atom is -0.465 e. The van der Waals surface area contributed by atoms with Crippen molar-refractivity contribution in [3.05, 3.63) is 65.0 Å². The third-order valence-corrected chi connectivity index (χ3v) is 8.00. The first kappa shape index (κ1) is 24.4. The number of amides is 1. The Morgan fingerprint density at radius 3 is 2.55 bits per heavy atom. The van der Waals surface area contributed by atoms with Crippen LogP contribution in [-0.2, 0) is 16.4 Å². The number of aromatic nitrogens is 1. The molecule has 0 fully saturated rings. The zero-order valence-electron chi connectivity index (χ0n) is 18.2. The molecule has 7 nitrogen and oxygen atoms in total. The van der Waals surface area contributed by atoms with Crippen molar-refractivity contribution in [1.29, 1.82) is 5.26 Å². The van der Waals surface area contributed by atoms with Gasteiger partial charge in [0.2, 0.25) is 15.8 Å². The van der Waals surface area contributed by atoms with Gasteiger partial charge in [0.05, 0.1) is 23.1 Å². The van der Waals surface area contributed by atoms with Crippen LogP contribution in [0, 0.1) is 22.7 Å². The Bertz CT molecular complexity index is 1340. The van der Waals surface area contributed by atoms with Gasteiger partial charge in [0.15, 0.2) is 0 Å². The molecule has 0 saturated heterocycles. The van der Waals surface area contributed by atoms with E-state index in [1.807, 2.05) is 26.8 Å². The fourth-order valence-corrected chi connectivity index (χ4v) is 6.44. The fraction of sp³-hybridized carbons (Fsp3) is 0.261. The van der Waals surface area contributed by atoms with Crippen molar-refractivity contribution in [2.75, 3.05) is 6.54 Å². The molecular formula is C23H22FN3O4S2. The van der Waals surface area contributed by atoms with Gasteiger partial charge in [-0.1, -0.05) is 26.8 Å². The number of hydrogen-bond donors (Lipinski definition) is 1. The maximum atomic E-state index is 14.5. The second-order valence-electron chi connectivity index (χ2n) is 8.60. The lowest BCUT2D eigenvalue weighted by Gasteiger charge is -2.27. The lowest BCUT2D eigenvalue weighted by Crippen LogP contribution is -2.36. The van der Waals surface area contributed by atoms with E-state index in [0.717, 1.165) is 11.3 Å². The van der Waals surface area contributed by atoms with Crippen LogP contribution in [0.5, 0.6) is 0 Å². The normalized spacial score (nSPS) is 11.7. The third-order valence-electron chi connectivity index (χ3n) is 4.60. The van der Waals surface area contributed by atoms with Gasteiger partial charge in [-0.05, 0) is 41.8 Å². The Hall–Kier alpha value is -3.29. The van der Waals surface area contributed by atoms with Gasteiger partial charge >= 0.3 is 6.09 Å². The molecule has 3 rings (SSSR count). The van der Waals surface area contributed by atoms with Gasteiger partial charge in [-0.3, -0.25) is 0 Å². The van der Waals surface area contributed by atoms with Crippen LogP contribution in [0.1, 0.15) is 31.2 Å². The van der Waals surface area contributed by atoms with Crippen LogP contribution < -0.4 is 0 Å². The molecule has 0 atom stereocenters. The number of nitrogens with zero attached hydrogens (tertiary/aromatic N) is 3. The van der Waals surface area contributed by atoms with Gasteiger partial charge in [-0.2, -0.15) is 9.65 Å². The van der Waals surface area contributed by atoms with Crippen molar-refractivity contribution in [3.63, 3.8) is 0 Å². The SMILES string of the molecule is CC(C)(C)CN(Cc1cc(-c2cccnc2F)c(S(=O)(=O)c2cccc(C#N)c2)s1)C(=O)O. The molecule has 0 saturated carbocycles. The molecule has 1 N–H and O–H groups in total. The highest BCUT2D eigenvalue weighted by Gasteiger charge is 2.29. The summed E-state index contributed by atoms with van der Waals surface area (Å²) < 4.78 is 41.4. The average Bonchev–Trinajstić information content (AvgIpc) is 3.17. The van der Waals surface area contributed by atoms with E-state index < -0.39 is 21.9 Å². The number of nitriles is 1. The number of thiophene rings is 1. The molecular weight excluding hydrogens is 465 g/mol. The summed E-state index contributed by atoms with van der Waals surface area (Å²) in [5.74, 6) is -0.839. The van der Waals surface area contributed by atoms with Crippen LogP contribution in [-0.4, -0.2) is 36.0 Å². The van der Waals surface area contributed by atoms with Crippen LogP contribution in [0.4, 0.5) is 9.18 Å². The Morgan fingerprint density at radius 1 is 1.21 bits per heavy atom. The van der Waals surface area contributed by atoms with Crippen molar-refractivity contribution in [3.8, 4) is 17.2 Å². The maximum Gasteiger partial charge on any atom is 0.407 e. The van der Waals surface area contributed by atoms with Crippen molar-refractivity contribution in [2.45, 2.75) is 36.4 Å². The van der Waals surface area contributed by atoms with Gasteiger partial charge in [-0.25, -0.2) is 18.2 Å². The van der Waals surface area contributed by atoms with E-state index in [4.69, 9.17) is 5.26 Å². The molecule has 0 radical (unpaired) electrons. The van der Waals surface area contributed by atoms with E-state index >= 15 is 0 Å². The first-order valence-corrected chi connectivity index (χ1v) is 12.2. The standard InChI is InChI=1S/C23H22FN3O4S2/c1-23(2,3)14-27(22(28)29)13-16-11-19(18-8-5-9-26-20(18)24)21(32-16)33(30,31)17-7-4-6-15(10-17)12-25/h4-11H,13-14H2,1-3H3,(H,28,29). The van der Waals surface area contributed by atoms with Gasteiger partial charge in [0.1, 0.15) is 4.21 Å². The summed E-state index contributed by atoms with van der Waals surface area (Å²) in [6.45, 7) is 5.85. The van der Waals surface area contributed by atoms with Crippen LogP contribution in [0.2, 0.25) is 0 Å². The fourth-order valence-electron chi connectivity index (χ4n) is 3.27. The molecule has 2 heterocycles. The number of carbonyl (C=O) groups is 1. The van der Waals surface area contributed by atoms with E-state index in [1.54, 1.807) is 0 Å². The van der Waals surface area contributed by atoms with E-state index in [1.165, 1.54) is 53.6 Å². The molecule has 172 valence electrons. The van der Waals surface area contributed by atoms with E-state index in [-0.39, 0.29) is 44.3 Å². The number of pyridine rings is 1. The Labute approximate surface area is 195 Å². The number of halogens is 1. The van der Waals surface area contributed by atoms with Gasteiger partial charge in [0.25, 0.3) is 0 Å². The highest BCUT2D eigenvalue weighted by Crippen LogP contribution is 2.39. The first-order chi connectivity index (χ1) is 15.4. The summed E-state index contributed by atoms with van der Waals surface area (Å²) in [6.07, 6.45) is 0.116. The predicted octanol–water partition coefficient (Wildman–Crippen LogP) is 5.18. The number of sulfone groups is 1. The molecule has 33 heavy (non-hydrogen) atoms. The lowest BCUT2D eigenvalue weighted by atomic mass is 9.96. The number of hydrogen-bond acceptors (Lipinski definition) is 6. The molecule has 10 heteroatoms. The molecule has 2 aromatic heterocycles. The molecule has 3 aromatic rings. The summed E-state index contributed by atoms with van der Waals surface area (Å²) in [7, 11) is -4.13. The summed E-state index contributed by atoms with van der Waals surface area (Å²) >= 11 is 0.880. The van der Waals surface area contributed by atoms with Gasteiger partial charge in [0, 0.05) is 28.7 Å². The largest absolute Gasteiger partial charge is 0.465 e. The minimum absolute atomic E-state index is 0.00675.